The lowest BCUT2D eigenvalue weighted by atomic mass is 10.1. The van der Waals surface area contributed by atoms with Gasteiger partial charge in [-0.25, -0.2) is 13.4 Å². The zero-order chi connectivity index (χ0) is 14.8. The molecule has 1 aromatic rings. The third-order valence-electron chi connectivity index (χ3n) is 3.34. The number of pyridine rings is 1. The van der Waals surface area contributed by atoms with Crippen LogP contribution in [-0.2, 0) is 9.84 Å². The van der Waals surface area contributed by atoms with Crippen LogP contribution in [0.15, 0.2) is 18.3 Å². The monoisotopic (exact) mass is 297 g/mol. The molecule has 1 aliphatic heterocycles. The number of anilines is 1. The average molecular weight is 297 g/mol. The van der Waals surface area contributed by atoms with Crippen LogP contribution in [0.1, 0.15) is 16.8 Å². The highest BCUT2D eigenvalue weighted by Gasteiger charge is 2.27. The van der Waals surface area contributed by atoms with Gasteiger partial charge in [0.05, 0.1) is 11.5 Å². The molecule has 0 spiro atoms. The number of rotatable bonds is 4. The SMILES string of the molecule is CN(C)c1cc(C(=O)NC[C@H]2CCS(=O)(=O)C2)ccn1. The average Bonchev–Trinajstić information content (AvgIpc) is 2.75. The second kappa shape index (κ2) is 5.78. The molecular formula is C13H19N3O3S. The minimum atomic E-state index is -2.89. The van der Waals surface area contributed by atoms with Crippen LogP contribution in [0.5, 0.6) is 0 Å². The Labute approximate surface area is 119 Å². The molecule has 7 heteroatoms. The van der Waals surface area contributed by atoms with Crippen LogP contribution in [0.2, 0.25) is 0 Å². The van der Waals surface area contributed by atoms with Crippen molar-refractivity contribution in [1.82, 2.24) is 10.3 Å². The van der Waals surface area contributed by atoms with Crippen molar-refractivity contribution in [2.24, 2.45) is 5.92 Å². The molecule has 0 saturated carbocycles. The minimum absolute atomic E-state index is 0.0270. The van der Waals surface area contributed by atoms with Crippen molar-refractivity contribution in [3.05, 3.63) is 23.9 Å². The summed E-state index contributed by atoms with van der Waals surface area (Å²) in [5.41, 5.74) is 0.532. The van der Waals surface area contributed by atoms with Gasteiger partial charge in [-0.15, -0.1) is 0 Å². The normalized spacial score (nSPS) is 20.6. The number of carbonyl (C=O) groups excluding carboxylic acids is 1. The van der Waals surface area contributed by atoms with E-state index < -0.39 is 9.84 Å². The van der Waals surface area contributed by atoms with Gasteiger partial charge in [-0.3, -0.25) is 4.79 Å². The van der Waals surface area contributed by atoms with E-state index in [9.17, 15) is 13.2 Å². The number of aromatic nitrogens is 1. The molecule has 1 saturated heterocycles. The van der Waals surface area contributed by atoms with E-state index in [0.717, 1.165) is 0 Å². The highest BCUT2D eigenvalue weighted by atomic mass is 32.2. The smallest absolute Gasteiger partial charge is 0.251 e. The summed E-state index contributed by atoms with van der Waals surface area (Å²) in [6, 6.07) is 3.36. The van der Waals surface area contributed by atoms with Crippen molar-refractivity contribution >= 4 is 21.6 Å². The summed E-state index contributed by atoms with van der Waals surface area (Å²) < 4.78 is 22.7. The van der Waals surface area contributed by atoms with Crippen molar-refractivity contribution in [2.75, 3.05) is 37.0 Å². The molecule has 0 bridgehead atoms. The number of hydrogen-bond donors (Lipinski definition) is 1. The fourth-order valence-electron chi connectivity index (χ4n) is 2.18. The number of nitrogens with zero attached hydrogens (tertiary/aromatic N) is 2. The summed E-state index contributed by atoms with van der Waals surface area (Å²) in [5.74, 6) is 0.945. The van der Waals surface area contributed by atoms with Gasteiger partial charge in [0.15, 0.2) is 9.84 Å². The van der Waals surface area contributed by atoms with E-state index in [1.807, 2.05) is 19.0 Å². The third kappa shape index (κ3) is 3.69. The molecule has 1 aliphatic rings. The van der Waals surface area contributed by atoms with Crippen molar-refractivity contribution in [3.8, 4) is 0 Å². The van der Waals surface area contributed by atoms with Gasteiger partial charge in [-0.1, -0.05) is 0 Å². The number of amides is 1. The molecule has 110 valence electrons. The van der Waals surface area contributed by atoms with Crippen LogP contribution >= 0.6 is 0 Å². The second-order valence-electron chi connectivity index (χ2n) is 5.28. The van der Waals surface area contributed by atoms with Crippen LogP contribution in [0.4, 0.5) is 5.82 Å². The molecule has 0 unspecified atom stereocenters. The fraction of sp³-hybridized carbons (Fsp3) is 0.538. The summed E-state index contributed by atoms with van der Waals surface area (Å²) in [4.78, 5) is 18.0. The molecule has 1 N–H and O–H groups in total. The molecule has 1 aromatic heterocycles. The van der Waals surface area contributed by atoms with Gasteiger partial charge in [-0.05, 0) is 24.5 Å². The quantitative estimate of drug-likeness (QED) is 0.865. The summed E-state index contributed by atoms with van der Waals surface area (Å²) >= 11 is 0. The first-order valence-electron chi connectivity index (χ1n) is 6.49. The Morgan fingerprint density at radius 1 is 1.50 bits per heavy atom. The molecule has 0 radical (unpaired) electrons. The van der Waals surface area contributed by atoms with Crippen LogP contribution in [0.25, 0.3) is 0 Å². The Balaban J connectivity index is 1.94. The highest BCUT2D eigenvalue weighted by molar-refractivity contribution is 7.91. The first-order valence-corrected chi connectivity index (χ1v) is 8.31. The summed E-state index contributed by atoms with van der Waals surface area (Å²) in [7, 11) is 0.815. The molecule has 1 fully saturated rings. The van der Waals surface area contributed by atoms with E-state index in [0.29, 0.717) is 24.3 Å². The molecule has 20 heavy (non-hydrogen) atoms. The van der Waals surface area contributed by atoms with Crippen LogP contribution in [-0.4, -0.2) is 51.5 Å². The summed E-state index contributed by atoms with van der Waals surface area (Å²) in [5, 5.41) is 2.80. The number of nitrogens with one attached hydrogen (secondary N) is 1. The third-order valence-corrected chi connectivity index (χ3v) is 5.18. The maximum atomic E-state index is 12.0. The zero-order valence-corrected chi connectivity index (χ0v) is 12.5. The van der Waals surface area contributed by atoms with Crippen LogP contribution < -0.4 is 10.2 Å². The van der Waals surface area contributed by atoms with Gasteiger partial charge in [0.2, 0.25) is 0 Å². The predicted molar refractivity (Wildman–Crippen MR) is 77.7 cm³/mol. The molecule has 2 heterocycles. The Morgan fingerprint density at radius 3 is 2.85 bits per heavy atom. The van der Waals surface area contributed by atoms with Crippen LogP contribution in [0.3, 0.4) is 0 Å². The predicted octanol–water partition coefficient (Wildman–Crippen LogP) is 0.312. The van der Waals surface area contributed by atoms with E-state index >= 15 is 0 Å². The summed E-state index contributed by atoms with van der Waals surface area (Å²) in [6.45, 7) is 0.400. The van der Waals surface area contributed by atoms with Gasteiger partial charge in [-0.2, -0.15) is 0 Å². The molecule has 1 amide bonds. The topological polar surface area (TPSA) is 79.4 Å². The van der Waals surface area contributed by atoms with E-state index in [1.165, 1.54) is 0 Å². The van der Waals surface area contributed by atoms with E-state index in [-0.39, 0.29) is 23.3 Å². The second-order valence-corrected chi connectivity index (χ2v) is 7.50. The Morgan fingerprint density at radius 2 is 2.25 bits per heavy atom. The number of sulfone groups is 1. The van der Waals surface area contributed by atoms with Crippen molar-refractivity contribution in [3.63, 3.8) is 0 Å². The molecule has 6 nitrogen and oxygen atoms in total. The standard InChI is InChI=1S/C13H19N3O3S/c1-16(2)12-7-11(3-5-14-12)13(17)15-8-10-4-6-20(18,19)9-10/h3,5,7,10H,4,6,8-9H2,1-2H3,(H,15,17)/t10-/m1/s1. The van der Waals surface area contributed by atoms with Gasteiger partial charge >= 0.3 is 0 Å². The fourth-order valence-corrected chi connectivity index (χ4v) is 4.04. The lowest BCUT2D eigenvalue weighted by Crippen LogP contribution is -2.30. The lowest BCUT2D eigenvalue weighted by Gasteiger charge is -2.13. The van der Waals surface area contributed by atoms with Crippen LogP contribution in [0, 0.1) is 5.92 Å². The van der Waals surface area contributed by atoms with Crippen molar-refractivity contribution in [2.45, 2.75) is 6.42 Å². The van der Waals surface area contributed by atoms with E-state index in [1.54, 1.807) is 18.3 Å². The number of hydrogen-bond acceptors (Lipinski definition) is 5. The maximum absolute atomic E-state index is 12.0. The minimum Gasteiger partial charge on any atom is -0.363 e. The Bertz CT molecular complexity index is 599. The van der Waals surface area contributed by atoms with Gasteiger partial charge in [0.1, 0.15) is 5.82 Å². The highest BCUT2D eigenvalue weighted by Crippen LogP contribution is 2.17. The maximum Gasteiger partial charge on any atom is 0.251 e. The molecule has 1 atom stereocenters. The number of carbonyl (C=O) groups is 1. The molecule has 0 aromatic carbocycles. The van der Waals surface area contributed by atoms with Gasteiger partial charge in [0, 0.05) is 32.4 Å². The molecule has 2 rings (SSSR count). The first-order chi connectivity index (χ1) is 9.37. The largest absolute Gasteiger partial charge is 0.363 e. The summed E-state index contributed by atoms with van der Waals surface area (Å²) in [6.07, 6.45) is 2.21. The Kier molecular flexibility index (Phi) is 4.27. The lowest BCUT2D eigenvalue weighted by molar-refractivity contribution is 0.0948. The molecule has 0 aliphatic carbocycles. The molecular weight excluding hydrogens is 278 g/mol. The van der Waals surface area contributed by atoms with Crippen molar-refractivity contribution in [1.29, 1.82) is 0 Å². The Hall–Kier alpha value is -1.63. The first kappa shape index (κ1) is 14.8. The van der Waals surface area contributed by atoms with E-state index in [4.69, 9.17) is 0 Å². The van der Waals surface area contributed by atoms with Crippen molar-refractivity contribution < 1.29 is 13.2 Å². The van der Waals surface area contributed by atoms with Gasteiger partial charge in [0.25, 0.3) is 5.91 Å². The zero-order valence-electron chi connectivity index (χ0n) is 11.7. The van der Waals surface area contributed by atoms with Gasteiger partial charge < -0.3 is 10.2 Å². The van der Waals surface area contributed by atoms with E-state index in [2.05, 4.69) is 10.3 Å².